The summed E-state index contributed by atoms with van der Waals surface area (Å²) in [5, 5.41) is -1.49. The summed E-state index contributed by atoms with van der Waals surface area (Å²) in [7, 11) is 0. The minimum absolute atomic E-state index is 0.411. The highest BCUT2D eigenvalue weighted by molar-refractivity contribution is 6.76. The van der Waals surface area contributed by atoms with E-state index in [1.54, 1.807) is 24.3 Å². The molecule has 0 amide bonds. The van der Waals surface area contributed by atoms with E-state index in [2.05, 4.69) is 0 Å². The molecule has 0 N–H and O–H groups in total. The van der Waals surface area contributed by atoms with Gasteiger partial charge in [0, 0.05) is 5.92 Å². The Hall–Kier alpha value is -1.64. The topological polar surface area (TPSA) is 34.1 Å². The Bertz CT molecular complexity index is 654. The first-order chi connectivity index (χ1) is 11.0. The van der Waals surface area contributed by atoms with E-state index in [1.165, 1.54) is 0 Å². The summed E-state index contributed by atoms with van der Waals surface area (Å²) >= 11 is 11.9. The second kappa shape index (κ2) is 7.76. The standard InChI is InChI=1S/C19H18Cl2O2/c1-2-9-16(14-10-5-3-6-11-14)19(17(20)22,18(21)23)15-12-7-4-8-13-15/h3-8,10-13,16H,2,9H2,1H3. The van der Waals surface area contributed by atoms with Crippen molar-refractivity contribution < 1.29 is 9.59 Å². The first-order valence-electron chi connectivity index (χ1n) is 7.55. The van der Waals surface area contributed by atoms with Crippen molar-refractivity contribution in [1.29, 1.82) is 0 Å². The summed E-state index contributed by atoms with van der Waals surface area (Å²) in [5.74, 6) is -0.411. The molecular formula is C19H18Cl2O2. The van der Waals surface area contributed by atoms with Crippen LogP contribution in [0.2, 0.25) is 0 Å². The van der Waals surface area contributed by atoms with Crippen molar-refractivity contribution in [3.05, 3.63) is 71.8 Å². The second-order valence-corrected chi connectivity index (χ2v) is 6.16. The molecule has 2 aromatic carbocycles. The lowest BCUT2D eigenvalue weighted by Crippen LogP contribution is -2.45. The number of benzene rings is 2. The van der Waals surface area contributed by atoms with Crippen LogP contribution in [0.3, 0.4) is 0 Å². The third-order valence-corrected chi connectivity index (χ3v) is 4.75. The molecule has 2 aromatic rings. The molecule has 0 aliphatic carbocycles. The van der Waals surface area contributed by atoms with Crippen LogP contribution in [0, 0.1) is 0 Å². The van der Waals surface area contributed by atoms with E-state index >= 15 is 0 Å². The molecule has 2 rings (SSSR count). The molecule has 4 heteroatoms. The second-order valence-electron chi connectivity index (χ2n) is 5.47. The van der Waals surface area contributed by atoms with Crippen molar-refractivity contribution >= 4 is 33.7 Å². The molecule has 0 fully saturated rings. The van der Waals surface area contributed by atoms with Crippen LogP contribution in [0.15, 0.2) is 60.7 Å². The van der Waals surface area contributed by atoms with E-state index in [0.717, 1.165) is 12.0 Å². The predicted octanol–water partition coefficient (Wildman–Crippen LogP) is 5.04. The van der Waals surface area contributed by atoms with Gasteiger partial charge in [0.25, 0.3) is 0 Å². The van der Waals surface area contributed by atoms with Crippen LogP contribution in [0.5, 0.6) is 0 Å². The highest BCUT2D eigenvalue weighted by atomic mass is 35.5. The summed E-state index contributed by atoms with van der Waals surface area (Å²) in [4.78, 5) is 24.9. The maximum Gasteiger partial charge on any atom is 0.241 e. The van der Waals surface area contributed by atoms with Gasteiger partial charge in [-0.1, -0.05) is 74.0 Å². The van der Waals surface area contributed by atoms with Crippen LogP contribution in [0.1, 0.15) is 36.8 Å². The fraction of sp³-hybridized carbons (Fsp3) is 0.263. The zero-order chi connectivity index (χ0) is 16.9. The summed E-state index contributed by atoms with van der Waals surface area (Å²) in [6.45, 7) is 2.00. The highest BCUT2D eigenvalue weighted by Gasteiger charge is 2.52. The van der Waals surface area contributed by atoms with Crippen LogP contribution in [0.25, 0.3) is 0 Å². The highest BCUT2D eigenvalue weighted by Crippen LogP contribution is 2.45. The maximum atomic E-state index is 12.5. The fourth-order valence-corrected chi connectivity index (χ4v) is 3.79. The van der Waals surface area contributed by atoms with Gasteiger partial charge < -0.3 is 0 Å². The Labute approximate surface area is 146 Å². The number of rotatable bonds is 7. The van der Waals surface area contributed by atoms with E-state index in [-0.39, 0.29) is 0 Å². The first kappa shape index (κ1) is 17.7. The zero-order valence-corrected chi connectivity index (χ0v) is 14.3. The average Bonchev–Trinajstić information content (AvgIpc) is 2.56. The van der Waals surface area contributed by atoms with Crippen molar-refractivity contribution in [3.8, 4) is 0 Å². The largest absolute Gasteiger partial charge is 0.280 e. The molecule has 0 radical (unpaired) electrons. The number of halogens is 2. The molecule has 120 valence electrons. The molecule has 0 saturated carbocycles. The zero-order valence-electron chi connectivity index (χ0n) is 12.8. The van der Waals surface area contributed by atoms with E-state index in [1.807, 2.05) is 43.3 Å². The summed E-state index contributed by atoms with van der Waals surface area (Å²) in [6, 6.07) is 18.3. The quantitative estimate of drug-likeness (QED) is 0.518. The van der Waals surface area contributed by atoms with Gasteiger partial charge in [-0.25, -0.2) is 0 Å². The van der Waals surface area contributed by atoms with Crippen LogP contribution >= 0.6 is 23.2 Å². The average molecular weight is 349 g/mol. The summed E-state index contributed by atoms with van der Waals surface area (Å²) < 4.78 is 0. The molecule has 23 heavy (non-hydrogen) atoms. The molecule has 0 heterocycles. The molecule has 0 spiro atoms. The van der Waals surface area contributed by atoms with Gasteiger partial charge in [0.15, 0.2) is 0 Å². The monoisotopic (exact) mass is 348 g/mol. The first-order valence-corrected chi connectivity index (χ1v) is 8.31. The number of carbonyl (C=O) groups is 2. The number of carbonyl (C=O) groups excluding carboxylic acids is 2. The van der Waals surface area contributed by atoms with Crippen LogP contribution in [-0.4, -0.2) is 10.5 Å². The fourth-order valence-electron chi connectivity index (χ4n) is 3.09. The van der Waals surface area contributed by atoms with E-state index in [0.29, 0.717) is 12.0 Å². The normalized spacial score (nSPS) is 12.7. The molecule has 1 atom stereocenters. The lowest BCUT2D eigenvalue weighted by molar-refractivity contribution is -0.127. The lowest BCUT2D eigenvalue weighted by atomic mass is 9.67. The Morgan fingerprint density at radius 3 is 1.83 bits per heavy atom. The maximum absolute atomic E-state index is 12.5. The molecule has 0 aromatic heterocycles. The van der Waals surface area contributed by atoms with Crippen LogP contribution < -0.4 is 0 Å². The van der Waals surface area contributed by atoms with Crippen LogP contribution in [-0.2, 0) is 15.0 Å². The molecule has 0 aliphatic heterocycles. The number of hydrogen-bond acceptors (Lipinski definition) is 2. The SMILES string of the molecule is CCCC(c1ccccc1)C(C(=O)Cl)(C(=O)Cl)c1ccccc1. The van der Waals surface area contributed by atoms with Crippen molar-refractivity contribution in [2.45, 2.75) is 31.1 Å². The smallest absolute Gasteiger partial charge is 0.241 e. The molecular weight excluding hydrogens is 331 g/mol. The molecule has 0 aliphatic rings. The van der Waals surface area contributed by atoms with Gasteiger partial charge in [0.05, 0.1) is 0 Å². The van der Waals surface area contributed by atoms with Crippen molar-refractivity contribution in [3.63, 3.8) is 0 Å². The molecule has 0 bridgehead atoms. The Morgan fingerprint density at radius 1 is 0.913 bits per heavy atom. The minimum atomic E-state index is -1.58. The third kappa shape index (κ3) is 3.34. The molecule has 2 nitrogen and oxygen atoms in total. The van der Waals surface area contributed by atoms with Gasteiger partial charge in [-0.05, 0) is 40.7 Å². The van der Waals surface area contributed by atoms with Gasteiger partial charge >= 0.3 is 0 Å². The van der Waals surface area contributed by atoms with Gasteiger partial charge in [0.2, 0.25) is 10.5 Å². The van der Waals surface area contributed by atoms with Gasteiger partial charge in [-0.3, -0.25) is 9.59 Å². The van der Waals surface area contributed by atoms with Crippen molar-refractivity contribution in [1.82, 2.24) is 0 Å². The van der Waals surface area contributed by atoms with E-state index in [4.69, 9.17) is 23.2 Å². The Balaban J connectivity index is 2.73. The molecule has 0 saturated heterocycles. The third-order valence-electron chi connectivity index (χ3n) is 4.15. The van der Waals surface area contributed by atoms with Gasteiger partial charge in [0.1, 0.15) is 5.41 Å². The van der Waals surface area contributed by atoms with E-state index in [9.17, 15) is 9.59 Å². The summed E-state index contributed by atoms with van der Waals surface area (Å²) in [5.41, 5.74) is -0.176. The van der Waals surface area contributed by atoms with Crippen LogP contribution in [0.4, 0.5) is 0 Å². The Kier molecular flexibility index (Phi) is 5.97. The lowest BCUT2D eigenvalue weighted by Gasteiger charge is -2.35. The van der Waals surface area contributed by atoms with Gasteiger partial charge in [-0.2, -0.15) is 0 Å². The summed E-state index contributed by atoms with van der Waals surface area (Å²) in [6.07, 6.45) is 1.41. The molecule has 1 unspecified atom stereocenters. The predicted molar refractivity (Wildman–Crippen MR) is 93.9 cm³/mol. The Morgan fingerprint density at radius 2 is 1.39 bits per heavy atom. The minimum Gasteiger partial charge on any atom is -0.280 e. The van der Waals surface area contributed by atoms with Crippen molar-refractivity contribution in [2.24, 2.45) is 0 Å². The van der Waals surface area contributed by atoms with Gasteiger partial charge in [-0.15, -0.1) is 0 Å². The number of hydrogen-bond donors (Lipinski definition) is 0. The van der Waals surface area contributed by atoms with E-state index < -0.39 is 21.8 Å². The van der Waals surface area contributed by atoms with Crippen molar-refractivity contribution in [2.75, 3.05) is 0 Å².